The van der Waals surface area contributed by atoms with E-state index in [2.05, 4.69) is 9.97 Å². The van der Waals surface area contributed by atoms with Gasteiger partial charge in [0.05, 0.1) is 17.5 Å². The number of nitrogens with two attached hydrogens (primary N) is 1. The van der Waals surface area contributed by atoms with Crippen molar-refractivity contribution >= 4 is 5.82 Å². The Kier molecular flexibility index (Phi) is 2.53. The molecule has 3 aromatic rings. The number of aromatic nitrogens is 2. The first kappa shape index (κ1) is 10.5. The van der Waals surface area contributed by atoms with Gasteiger partial charge in [-0.3, -0.25) is 0 Å². The van der Waals surface area contributed by atoms with E-state index in [0.717, 1.165) is 16.8 Å². The quantitative estimate of drug-likeness (QED) is 0.744. The van der Waals surface area contributed by atoms with E-state index in [1.54, 1.807) is 18.6 Å². The molecule has 0 radical (unpaired) electrons. The Morgan fingerprint density at radius 2 is 1.78 bits per heavy atom. The molecule has 88 valence electrons. The summed E-state index contributed by atoms with van der Waals surface area (Å²) in [7, 11) is 0. The van der Waals surface area contributed by atoms with Crippen LogP contribution in [0.25, 0.3) is 22.6 Å². The van der Waals surface area contributed by atoms with E-state index in [-0.39, 0.29) is 0 Å². The van der Waals surface area contributed by atoms with Gasteiger partial charge in [-0.1, -0.05) is 30.3 Å². The van der Waals surface area contributed by atoms with Crippen molar-refractivity contribution in [3.05, 3.63) is 55.0 Å². The molecule has 0 fully saturated rings. The predicted octanol–water partition coefficient (Wildman–Crippen LogP) is 2.99. The number of anilines is 1. The molecule has 0 aliphatic heterocycles. The Bertz CT molecular complexity index is 648. The summed E-state index contributed by atoms with van der Waals surface area (Å²) >= 11 is 0. The molecule has 0 saturated carbocycles. The van der Waals surface area contributed by atoms with Crippen LogP contribution in [-0.4, -0.2) is 9.97 Å². The van der Waals surface area contributed by atoms with Crippen molar-refractivity contribution in [3.8, 4) is 22.6 Å². The van der Waals surface area contributed by atoms with Gasteiger partial charge < -0.3 is 10.2 Å². The fourth-order valence-electron chi connectivity index (χ4n) is 1.74. The average Bonchev–Trinajstić information content (AvgIpc) is 2.93. The monoisotopic (exact) mass is 237 g/mol. The van der Waals surface area contributed by atoms with Crippen LogP contribution < -0.4 is 5.73 Å². The highest BCUT2D eigenvalue weighted by molar-refractivity contribution is 5.66. The number of hydrogen-bond donors (Lipinski definition) is 1. The SMILES string of the molecule is Nc1cc(-c2ccccc2)nc(-c2ccoc2)n1. The number of furan rings is 1. The Morgan fingerprint density at radius 3 is 2.50 bits per heavy atom. The molecule has 4 nitrogen and oxygen atoms in total. The first-order chi connectivity index (χ1) is 8.83. The number of rotatable bonds is 2. The summed E-state index contributed by atoms with van der Waals surface area (Å²) in [5.41, 5.74) is 8.46. The van der Waals surface area contributed by atoms with Gasteiger partial charge in [0.1, 0.15) is 12.1 Å². The molecule has 2 N–H and O–H groups in total. The zero-order valence-corrected chi connectivity index (χ0v) is 9.58. The molecule has 18 heavy (non-hydrogen) atoms. The molecule has 4 heteroatoms. The molecule has 0 aliphatic carbocycles. The molecule has 2 aromatic heterocycles. The maximum absolute atomic E-state index is 5.82. The summed E-state index contributed by atoms with van der Waals surface area (Å²) in [6.45, 7) is 0. The lowest BCUT2D eigenvalue weighted by Crippen LogP contribution is -1.97. The molecular formula is C14H11N3O. The van der Waals surface area contributed by atoms with Crippen molar-refractivity contribution in [2.75, 3.05) is 5.73 Å². The maximum atomic E-state index is 5.82. The minimum Gasteiger partial charge on any atom is -0.472 e. The smallest absolute Gasteiger partial charge is 0.165 e. The van der Waals surface area contributed by atoms with Gasteiger partial charge in [-0.2, -0.15) is 0 Å². The van der Waals surface area contributed by atoms with Crippen molar-refractivity contribution < 1.29 is 4.42 Å². The standard InChI is InChI=1S/C14H11N3O/c15-13-8-12(10-4-2-1-3-5-10)16-14(17-13)11-6-7-18-9-11/h1-9H,(H2,15,16,17). The molecule has 0 saturated heterocycles. The van der Waals surface area contributed by atoms with Crippen LogP contribution in [0.4, 0.5) is 5.82 Å². The van der Waals surface area contributed by atoms with Gasteiger partial charge in [0.25, 0.3) is 0 Å². The van der Waals surface area contributed by atoms with Gasteiger partial charge in [0.2, 0.25) is 0 Å². The summed E-state index contributed by atoms with van der Waals surface area (Å²) < 4.78 is 5.03. The number of nitrogens with zero attached hydrogens (tertiary/aromatic N) is 2. The second-order valence-electron chi connectivity index (χ2n) is 3.88. The molecule has 2 heterocycles. The van der Waals surface area contributed by atoms with Crippen molar-refractivity contribution in [3.63, 3.8) is 0 Å². The lowest BCUT2D eigenvalue weighted by atomic mass is 10.1. The molecular weight excluding hydrogens is 226 g/mol. The summed E-state index contributed by atoms with van der Waals surface area (Å²) in [5, 5.41) is 0. The van der Waals surface area contributed by atoms with Gasteiger partial charge in [-0.15, -0.1) is 0 Å². The minimum atomic E-state index is 0.444. The lowest BCUT2D eigenvalue weighted by molar-refractivity contribution is 0.568. The van der Waals surface area contributed by atoms with Gasteiger partial charge in [0.15, 0.2) is 5.82 Å². The Labute approximate surface area is 104 Å². The topological polar surface area (TPSA) is 64.9 Å². The third kappa shape index (κ3) is 1.96. The van der Waals surface area contributed by atoms with Crippen molar-refractivity contribution in [2.24, 2.45) is 0 Å². The van der Waals surface area contributed by atoms with E-state index in [0.29, 0.717) is 11.6 Å². The van der Waals surface area contributed by atoms with Gasteiger partial charge in [-0.25, -0.2) is 9.97 Å². The van der Waals surface area contributed by atoms with Crippen LogP contribution in [-0.2, 0) is 0 Å². The molecule has 0 aliphatic rings. The summed E-state index contributed by atoms with van der Waals surface area (Å²) in [6, 6.07) is 13.4. The van der Waals surface area contributed by atoms with Crippen LogP contribution in [0.2, 0.25) is 0 Å². The van der Waals surface area contributed by atoms with Crippen molar-refractivity contribution in [2.45, 2.75) is 0 Å². The molecule has 1 aromatic carbocycles. The summed E-state index contributed by atoms with van der Waals surface area (Å²) in [4.78, 5) is 8.70. The zero-order chi connectivity index (χ0) is 12.4. The fraction of sp³-hybridized carbons (Fsp3) is 0. The lowest BCUT2D eigenvalue weighted by Gasteiger charge is -2.04. The zero-order valence-electron chi connectivity index (χ0n) is 9.58. The average molecular weight is 237 g/mol. The Morgan fingerprint density at radius 1 is 0.944 bits per heavy atom. The number of nitrogen functional groups attached to an aromatic ring is 1. The second kappa shape index (κ2) is 4.33. The molecule has 0 bridgehead atoms. The van der Waals surface area contributed by atoms with E-state index < -0.39 is 0 Å². The normalized spacial score (nSPS) is 10.4. The van der Waals surface area contributed by atoms with Crippen molar-refractivity contribution in [1.82, 2.24) is 9.97 Å². The van der Waals surface area contributed by atoms with Crippen LogP contribution in [0.5, 0.6) is 0 Å². The summed E-state index contributed by atoms with van der Waals surface area (Å²) in [6.07, 6.45) is 3.19. The Balaban J connectivity index is 2.12. The molecule has 0 amide bonds. The van der Waals surface area contributed by atoms with Crippen LogP contribution in [0.1, 0.15) is 0 Å². The molecule has 0 atom stereocenters. The van der Waals surface area contributed by atoms with Crippen LogP contribution in [0.15, 0.2) is 59.4 Å². The first-order valence-corrected chi connectivity index (χ1v) is 5.55. The highest BCUT2D eigenvalue weighted by Gasteiger charge is 2.07. The van der Waals surface area contributed by atoms with Crippen LogP contribution in [0, 0.1) is 0 Å². The second-order valence-corrected chi connectivity index (χ2v) is 3.88. The highest BCUT2D eigenvalue weighted by Crippen LogP contribution is 2.23. The largest absolute Gasteiger partial charge is 0.472 e. The van der Waals surface area contributed by atoms with E-state index in [1.807, 2.05) is 36.4 Å². The fourth-order valence-corrected chi connectivity index (χ4v) is 1.74. The first-order valence-electron chi connectivity index (χ1n) is 5.55. The number of benzene rings is 1. The maximum Gasteiger partial charge on any atom is 0.165 e. The van der Waals surface area contributed by atoms with E-state index >= 15 is 0 Å². The number of hydrogen-bond acceptors (Lipinski definition) is 4. The highest BCUT2D eigenvalue weighted by atomic mass is 16.3. The van der Waals surface area contributed by atoms with Gasteiger partial charge in [-0.05, 0) is 6.07 Å². The van der Waals surface area contributed by atoms with E-state index in [1.165, 1.54) is 0 Å². The Hall–Kier alpha value is -2.62. The predicted molar refractivity (Wildman–Crippen MR) is 69.6 cm³/mol. The summed E-state index contributed by atoms with van der Waals surface area (Å²) in [5.74, 6) is 1.02. The third-order valence-corrected chi connectivity index (χ3v) is 2.59. The molecule has 0 spiro atoms. The van der Waals surface area contributed by atoms with Gasteiger partial charge in [0, 0.05) is 11.6 Å². The molecule has 3 rings (SSSR count). The van der Waals surface area contributed by atoms with E-state index in [9.17, 15) is 0 Å². The van der Waals surface area contributed by atoms with E-state index in [4.69, 9.17) is 10.2 Å². The minimum absolute atomic E-state index is 0.444. The van der Waals surface area contributed by atoms with Gasteiger partial charge >= 0.3 is 0 Å². The van der Waals surface area contributed by atoms with Crippen LogP contribution >= 0.6 is 0 Å². The third-order valence-electron chi connectivity index (χ3n) is 2.59. The van der Waals surface area contributed by atoms with Crippen molar-refractivity contribution in [1.29, 1.82) is 0 Å². The van der Waals surface area contributed by atoms with Crippen LogP contribution in [0.3, 0.4) is 0 Å². The molecule has 0 unspecified atom stereocenters.